The number of nitrogen functional groups attached to an aromatic ring is 1. The van der Waals surface area contributed by atoms with Crippen molar-refractivity contribution in [3.05, 3.63) is 35.8 Å². The minimum atomic E-state index is -0.269. The number of fused-ring (bicyclic) bond motifs is 1. The lowest BCUT2D eigenvalue weighted by Crippen LogP contribution is -2.01. The molecule has 0 fully saturated rings. The van der Waals surface area contributed by atoms with Crippen LogP contribution in [-0.2, 0) is 11.2 Å². The summed E-state index contributed by atoms with van der Waals surface area (Å²) in [5.74, 6) is -0.0247. The first kappa shape index (κ1) is 14.8. The maximum absolute atomic E-state index is 13.0. The normalized spacial score (nSPS) is 11.2. The number of hydrogen-bond acceptors (Lipinski definition) is 6. The van der Waals surface area contributed by atoms with E-state index in [1.807, 2.05) is 0 Å². The summed E-state index contributed by atoms with van der Waals surface area (Å²) in [4.78, 5) is 13.9. The minimum Gasteiger partial charge on any atom is -0.385 e. The minimum absolute atomic E-state index is 0.245. The zero-order valence-corrected chi connectivity index (χ0v) is 12.9. The van der Waals surface area contributed by atoms with Gasteiger partial charge in [-0.3, -0.25) is 0 Å². The van der Waals surface area contributed by atoms with Crippen molar-refractivity contribution in [1.29, 1.82) is 0 Å². The lowest BCUT2D eigenvalue weighted by molar-refractivity contribution is 0.195. The molecule has 0 saturated carbocycles. The first-order chi connectivity index (χ1) is 10.7. The fraction of sp³-hybridized carbons (Fsp3) is 0.267. The average Bonchev–Trinajstić information content (AvgIpc) is 2.92. The molecule has 0 amide bonds. The predicted octanol–water partition coefficient (Wildman–Crippen LogP) is 3.05. The van der Waals surface area contributed by atoms with Crippen molar-refractivity contribution in [2.75, 3.05) is 19.5 Å². The van der Waals surface area contributed by atoms with Crippen LogP contribution in [0.4, 0.5) is 10.3 Å². The first-order valence-electron chi connectivity index (χ1n) is 6.85. The zero-order chi connectivity index (χ0) is 15.5. The van der Waals surface area contributed by atoms with Crippen molar-refractivity contribution in [2.45, 2.75) is 12.8 Å². The zero-order valence-electron chi connectivity index (χ0n) is 12.0. The van der Waals surface area contributed by atoms with E-state index in [0.29, 0.717) is 6.61 Å². The van der Waals surface area contributed by atoms with Crippen molar-refractivity contribution in [3.8, 4) is 10.6 Å². The summed E-state index contributed by atoms with van der Waals surface area (Å²) in [5.41, 5.74) is 8.21. The summed E-state index contributed by atoms with van der Waals surface area (Å²) in [6.45, 7) is 0.653. The van der Waals surface area contributed by atoms with Gasteiger partial charge < -0.3 is 10.5 Å². The van der Waals surface area contributed by atoms with Crippen LogP contribution in [-0.4, -0.2) is 28.7 Å². The molecule has 1 aromatic carbocycles. The highest BCUT2D eigenvalue weighted by Crippen LogP contribution is 2.31. The van der Waals surface area contributed by atoms with Gasteiger partial charge in [0.2, 0.25) is 5.95 Å². The molecular weight excluding hydrogens is 303 g/mol. The Hall–Kier alpha value is -2.12. The summed E-state index contributed by atoms with van der Waals surface area (Å²) in [5, 5.41) is 0.780. The molecule has 0 unspecified atom stereocenters. The van der Waals surface area contributed by atoms with E-state index in [4.69, 9.17) is 10.5 Å². The Labute approximate surface area is 131 Å². The molecule has 7 heteroatoms. The molecule has 0 spiro atoms. The fourth-order valence-electron chi connectivity index (χ4n) is 2.17. The molecule has 0 radical (unpaired) electrons. The molecule has 3 rings (SSSR count). The molecule has 0 saturated heterocycles. The monoisotopic (exact) mass is 318 g/mol. The van der Waals surface area contributed by atoms with Crippen molar-refractivity contribution < 1.29 is 9.13 Å². The van der Waals surface area contributed by atoms with E-state index < -0.39 is 0 Å². The van der Waals surface area contributed by atoms with Gasteiger partial charge in [-0.15, -0.1) is 0 Å². The first-order valence-corrected chi connectivity index (χ1v) is 7.67. The number of aryl methyl sites for hydroxylation is 1. The average molecular weight is 318 g/mol. The summed E-state index contributed by atoms with van der Waals surface area (Å²) >= 11 is 1.43. The molecule has 2 N–H and O–H groups in total. The number of benzene rings is 1. The predicted molar refractivity (Wildman–Crippen MR) is 85.2 cm³/mol. The smallest absolute Gasteiger partial charge is 0.221 e. The molecule has 22 heavy (non-hydrogen) atoms. The number of nitrogens with zero attached hydrogens (tertiary/aromatic N) is 3. The molecule has 0 aliphatic rings. The van der Waals surface area contributed by atoms with Gasteiger partial charge in [0.25, 0.3) is 0 Å². The van der Waals surface area contributed by atoms with Gasteiger partial charge in [0.05, 0.1) is 5.69 Å². The van der Waals surface area contributed by atoms with Crippen molar-refractivity contribution in [3.63, 3.8) is 0 Å². The Morgan fingerprint density at radius 1 is 1.18 bits per heavy atom. The Bertz CT molecular complexity index is 788. The molecule has 0 bridgehead atoms. The van der Waals surface area contributed by atoms with Crippen LogP contribution in [0, 0.1) is 5.82 Å². The van der Waals surface area contributed by atoms with Crippen LogP contribution in [0.25, 0.3) is 20.9 Å². The highest BCUT2D eigenvalue weighted by Gasteiger charge is 2.13. The summed E-state index contributed by atoms with van der Waals surface area (Å²) in [7, 11) is 1.67. The van der Waals surface area contributed by atoms with Crippen LogP contribution < -0.4 is 5.73 Å². The lowest BCUT2D eigenvalue weighted by atomic mass is 10.2. The summed E-state index contributed by atoms with van der Waals surface area (Å²) in [6.07, 6.45) is 1.56. The van der Waals surface area contributed by atoms with Gasteiger partial charge >= 0.3 is 0 Å². The Kier molecular flexibility index (Phi) is 4.26. The van der Waals surface area contributed by atoms with Crippen molar-refractivity contribution in [1.82, 2.24) is 15.0 Å². The molecule has 2 aromatic heterocycles. The fourth-order valence-corrected chi connectivity index (χ4v) is 3.14. The van der Waals surface area contributed by atoms with Gasteiger partial charge in [0.1, 0.15) is 21.2 Å². The Morgan fingerprint density at radius 2 is 1.95 bits per heavy atom. The molecule has 2 heterocycles. The van der Waals surface area contributed by atoms with E-state index in [0.717, 1.165) is 39.5 Å². The van der Waals surface area contributed by atoms with E-state index in [1.165, 1.54) is 23.5 Å². The van der Waals surface area contributed by atoms with Gasteiger partial charge in [-0.2, -0.15) is 0 Å². The van der Waals surface area contributed by atoms with Crippen LogP contribution in [0.3, 0.4) is 0 Å². The maximum atomic E-state index is 13.0. The largest absolute Gasteiger partial charge is 0.385 e. The van der Waals surface area contributed by atoms with E-state index >= 15 is 0 Å². The number of nitrogens with two attached hydrogens (primary N) is 1. The molecule has 0 atom stereocenters. The quantitative estimate of drug-likeness (QED) is 0.732. The molecular formula is C15H15FN4OS. The molecule has 5 nitrogen and oxygen atoms in total. The van der Waals surface area contributed by atoms with Crippen LogP contribution in [0.1, 0.15) is 12.1 Å². The highest BCUT2D eigenvalue weighted by atomic mass is 32.1. The Balaban J connectivity index is 2.01. The number of halogens is 1. The third-order valence-electron chi connectivity index (χ3n) is 3.20. The molecule has 114 valence electrons. The van der Waals surface area contributed by atoms with Crippen molar-refractivity contribution >= 4 is 27.6 Å². The summed E-state index contributed by atoms with van der Waals surface area (Å²) in [6, 6.07) is 6.24. The van der Waals surface area contributed by atoms with E-state index in [9.17, 15) is 4.39 Å². The third-order valence-corrected chi connectivity index (χ3v) is 4.20. The second-order valence-electron chi connectivity index (χ2n) is 4.80. The Morgan fingerprint density at radius 3 is 2.68 bits per heavy atom. The maximum Gasteiger partial charge on any atom is 0.221 e. The van der Waals surface area contributed by atoms with Gasteiger partial charge in [0.15, 0.2) is 0 Å². The van der Waals surface area contributed by atoms with Gasteiger partial charge in [-0.1, -0.05) is 11.3 Å². The molecule has 0 aliphatic carbocycles. The standard InChI is InChI=1S/C15H15FN4OS/c1-21-8-2-3-11-12-14(20-15(17)18-11)22-13(19-12)9-4-6-10(16)7-5-9/h4-7H,2-3,8H2,1H3,(H2,17,18,20). The number of anilines is 1. The van der Waals surface area contributed by atoms with Crippen LogP contribution in [0.15, 0.2) is 24.3 Å². The van der Waals surface area contributed by atoms with Crippen LogP contribution in [0.5, 0.6) is 0 Å². The van der Waals surface area contributed by atoms with Crippen LogP contribution >= 0.6 is 11.3 Å². The SMILES string of the molecule is COCCCc1nc(N)nc2sc(-c3ccc(F)cc3)nc12. The number of aromatic nitrogens is 3. The van der Waals surface area contributed by atoms with E-state index in [1.54, 1.807) is 19.2 Å². The molecule has 3 aromatic rings. The van der Waals surface area contributed by atoms with Crippen LogP contribution in [0.2, 0.25) is 0 Å². The number of hydrogen-bond donors (Lipinski definition) is 1. The second-order valence-corrected chi connectivity index (χ2v) is 5.78. The number of ether oxygens (including phenoxy) is 1. The second kappa shape index (κ2) is 6.33. The van der Waals surface area contributed by atoms with Gasteiger partial charge in [-0.05, 0) is 37.1 Å². The van der Waals surface area contributed by atoms with Crippen molar-refractivity contribution in [2.24, 2.45) is 0 Å². The lowest BCUT2D eigenvalue weighted by Gasteiger charge is -2.02. The topological polar surface area (TPSA) is 73.9 Å². The number of rotatable bonds is 5. The third kappa shape index (κ3) is 3.05. The van der Waals surface area contributed by atoms with Gasteiger partial charge in [-0.25, -0.2) is 19.3 Å². The number of thiazole rings is 1. The highest BCUT2D eigenvalue weighted by molar-refractivity contribution is 7.21. The van der Waals surface area contributed by atoms with E-state index in [-0.39, 0.29) is 11.8 Å². The molecule has 0 aliphatic heterocycles. The van der Waals surface area contributed by atoms with Gasteiger partial charge in [0, 0.05) is 19.3 Å². The summed E-state index contributed by atoms with van der Waals surface area (Å²) < 4.78 is 18.1. The van der Waals surface area contributed by atoms with E-state index in [2.05, 4.69) is 15.0 Å². The number of methoxy groups -OCH3 is 1.